The fourth-order valence-electron chi connectivity index (χ4n) is 2.38. The summed E-state index contributed by atoms with van der Waals surface area (Å²) >= 11 is 0. The van der Waals surface area contributed by atoms with E-state index in [4.69, 9.17) is 4.74 Å². The number of hydrogen-bond donors (Lipinski definition) is 1. The van der Waals surface area contributed by atoms with Crippen molar-refractivity contribution in [3.8, 4) is 0 Å². The third-order valence-corrected chi connectivity index (χ3v) is 4.77. The van der Waals surface area contributed by atoms with Crippen molar-refractivity contribution in [2.75, 3.05) is 13.1 Å². The maximum absolute atomic E-state index is 12.3. The number of ether oxygens (including phenoxy) is 1. The van der Waals surface area contributed by atoms with Crippen LogP contribution >= 0.6 is 0 Å². The lowest BCUT2D eigenvalue weighted by Gasteiger charge is -2.35. The largest absolute Gasteiger partial charge is 0.373 e. The molecule has 0 aromatic carbocycles. The first-order chi connectivity index (χ1) is 9.37. The summed E-state index contributed by atoms with van der Waals surface area (Å²) in [6, 6.07) is 1.58. The van der Waals surface area contributed by atoms with Crippen molar-refractivity contribution >= 4 is 10.2 Å². The van der Waals surface area contributed by atoms with E-state index in [9.17, 15) is 8.42 Å². The van der Waals surface area contributed by atoms with Crippen LogP contribution in [0.25, 0.3) is 0 Å². The van der Waals surface area contributed by atoms with Gasteiger partial charge in [0.1, 0.15) is 0 Å². The Kier molecular flexibility index (Phi) is 4.79. The molecule has 1 aliphatic heterocycles. The van der Waals surface area contributed by atoms with E-state index in [2.05, 4.69) is 9.82 Å². The molecule has 0 radical (unpaired) electrons. The van der Waals surface area contributed by atoms with Crippen LogP contribution in [0.4, 0.5) is 0 Å². The van der Waals surface area contributed by atoms with Gasteiger partial charge in [-0.2, -0.15) is 22.5 Å². The lowest BCUT2D eigenvalue weighted by molar-refractivity contribution is -0.0444. The van der Waals surface area contributed by atoms with E-state index in [-0.39, 0.29) is 18.2 Å². The molecule has 0 spiro atoms. The lowest BCUT2D eigenvalue weighted by atomic mass is 10.3. The first-order valence-corrected chi connectivity index (χ1v) is 8.21. The van der Waals surface area contributed by atoms with Crippen LogP contribution in [-0.2, 0) is 21.5 Å². The molecule has 8 heteroatoms. The SMILES string of the molecule is CC(Cn1cccn1)NS(=O)(=O)N1CC(C)OC(C)C1. The zero-order chi connectivity index (χ0) is 14.8. The second kappa shape index (κ2) is 6.21. The Hall–Kier alpha value is -0.960. The van der Waals surface area contributed by atoms with Crippen molar-refractivity contribution in [2.24, 2.45) is 0 Å². The zero-order valence-corrected chi connectivity index (χ0v) is 12.9. The van der Waals surface area contributed by atoms with E-state index < -0.39 is 10.2 Å². The second-order valence-electron chi connectivity index (χ2n) is 5.33. The van der Waals surface area contributed by atoms with Crippen LogP contribution < -0.4 is 4.72 Å². The van der Waals surface area contributed by atoms with Gasteiger partial charge in [-0.05, 0) is 26.8 Å². The average Bonchev–Trinajstić information content (AvgIpc) is 2.79. The maximum Gasteiger partial charge on any atom is 0.279 e. The van der Waals surface area contributed by atoms with E-state index in [1.54, 1.807) is 10.9 Å². The zero-order valence-electron chi connectivity index (χ0n) is 12.1. The molecule has 20 heavy (non-hydrogen) atoms. The fraction of sp³-hybridized carbons (Fsp3) is 0.750. The highest BCUT2D eigenvalue weighted by molar-refractivity contribution is 7.87. The molecule has 1 aromatic rings. The molecule has 3 atom stereocenters. The smallest absolute Gasteiger partial charge is 0.279 e. The number of nitrogens with zero attached hydrogens (tertiary/aromatic N) is 3. The molecule has 7 nitrogen and oxygen atoms in total. The van der Waals surface area contributed by atoms with Gasteiger partial charge in [0, 0.05) is 31.5 Å². The predicted molar refractivity (Wildman–Crippen MR) is 75.3 cm³/mol. The van der Waals surface area contributed by atoms with Crippen molar-refractivity contribution in [1.29, 1.82) is 0 Å². The Labute approximate surface area is 120 Å². The third kappa shape index (κ3) is 4.02. The number of hydrogen-bond acceptors (Lipinski definition) is 4. The van der Waals surface area contributed by atoms with Gasteiger partial charge < -0.3 is 4.74 Å². The monoisotopic (exact) mass is 302 g/mol. The Morgan fingerprint density at radius 2 is 2.05 bits per heavy atom. The second-order valence-corrected chi connectivity index (χ2v) is 7.03. The van der Waals surface area contributed by atoms with Gasteiger partial charge >= 0.3 is 0 Å². The normalized spacial score (nSPS) is 26.6. The maximum atomic E-state index is 12.3. The summed E-state index contributed by atoms with van der Waals surface area (Å²) in [5.41, 5.74) is 0. The molecule has 1 fully saturated rings. The fourth-order valence-corrected chi connectivity index (χ4v) is 3.93. The van der Waals surface area contributed by atoms with Crippen LogP contribution in [0.2, 0.25) is 0 Å². The quantitative estimate of drug-likeness (QED) is 0.844. The molecular weight excluding hydrogens is 280 g/mol. The van der Waals surface area contributed by atoms with Crippen LogP contribution in [0.3, 0.4) is 0 Å². The van der Waals surface area contributed by atoms with Gasteiger partial charge in [0.15, 0.2) is 0 Å². The van der Waals surface area contributed by atoms with Crippen molar-refractivity contribution in [2.45, 2.75) is 45.6 Å². The Morgan fingerprint density at radius 3 is 2.60 bits per heavy atom. The number of morpholine rings is 1. The molecule has 1 saturated heterocycles. The van der Waals surface area contributed by atoms with Gasteiger partial charge in [0.2, 0.25) is 0 Å². The number of rotatable bonds is 5. The summed E-state index contributed by atoms with van der Waals surface area (Å²) in [6.07, 6.45) is 3.31. The van der Waals surface area contributed by atoms with Gasteiger partial charge in [0.05, 0.1) is 18.8 Å². The summed E-state index contributed by atoms with van der Waals surface area (Å²) in [6.45, 7) is 6.85. The van der Waals surface area contributed by atoms with Gasteiger partial charge in [-0.25, -0.2) is 0 Å². The molecule has 0 aliphatic carbocycles. The first-order valence-electron chi connectivity index (χ1n) is 6.77. The molecule has 2 heterocycles. The van der Waals surface area contributed by atoms with Gasteiger partial charge in [-0.1, -0.05) is 0 Å². The van der Waals surface area contributed by atoms with E-state index in [1.807, 2.05) is 33.0 Å². The molecule has 1 N–H and O–H groups in total. The van der Waals surface area contributed by atoms with Crippen LogP contribution in [0.15, 0.2) is 18.5 Å². The lowest BCUT2D eigenvalue weighted by Crippen LogP contribution is -2.53. The van der Waals surface area contributed by atoms with Crippen LogP contribution in [0, 0.1) is 0 Å². The summed E-state index contributed by atoms with van der Waals surface area (Å²) in [5.74, 6) is 0. The molecule has 1 aromatic heterocycles. The van der Waals surface area contributed by atoms with Crippen molar-refractivity contribution in [1.82, 2.24) is 18.8 Å². The molecule has 0 amide bonds. The molecule has 2 rings (SSSR count). The highest BCUT2D eigenvalue weighted by Gasteiger charge is 2.31. The van der Waals surface area contributed by atoms with Gasteiger partial charge in [0.25, 0.3) is 10.2 Å². The minimum atomic E-state index is -3.49. The van der Waals surface area contributed by atoms with Crippen molar-refractivity contribution in [3.63, 3.8) is 0 Å². The van der Waals surface area contributed by atoms with Gasteiger partial charge in [-0.3, -0.25) is 4.68 Å². The highest BCUT2D eigenvalue weighted by atomic mass is 32.2. The minimum Gasteiger partial charge on any atom is -0.373 e. The first kappa shape index (κ1) is 15.4. The van der Waals surface area contributed by atoms with Crippen LogP contribution in [0.1, 0.15) is 20.8 Å². The molecule has 1 aliphatic rings. The highest BCUT2D eigenvalue weighted by Crippen LogP contribution is 2.13. The number of nitrogens with one attached hydrogen (secondary N) is 1. The predicted octanol–water partition coefficient (Wildman–Crippen LogP) is 0.215. The Bertz CT molecular complexity index is 507. The van der Waals surface area contributed by atoms with Gasteiger partial charge in [-0.15, -0.1) is 0 Å². The number of aromatic nitrogens is 2. The molecule has 0 saturated carbocycles. The summed E-state index contributed by atoms with van der Waals surface area (Å²) in [7, 11) is -3.49. The average molecular weight is 302 g/mol. The molecule has 0 bridgehead atoms. The van der Waals surface area contributed by atoms with E-state index in [0.717, 1.165) is 0 Å². The summed E-state index contributed by atoms with van der Waals surface area (Å²) in [5, 5.41) is 4.07. The molecule has 114 valence electrons. The van der Waals surface area contributed by atoms with Crippen LogP contribution in [0.5, 0.6) is 0 Å². The standard InChI is InChI=1S/C12H22N4O3S/c1-10(7-15-6-4-5-13-15)14-20(17,18)16-8-11(2)19-12(3)9-16/h4-6,10-12,14H,7-9H2,1-3H3. The summed E-state index contributed by atoms with van der Waals surface area (Å²) < 4.78 is 36.1. The van der Waals surface area contributed by atoms with E-state index >= 15 is 0 Å². The minimum absolute atomic E-state index is 0.0863. The molecular formula is C12H22N4O3S. The van der Waals surface area contributed by atoms with E-state index in [0.29, 0.717) is 19.6 Å². The Balaban J connectivity index is 1.96. The van der Waals surface area contributed by atoms with Crippen LogP contribution in [-0.4, -0.2) is 53.8 Å². The third-order valence-electron chi connectivity index (χ3n) is 3.10. The van der Waals surface area contributed by atoms with Crippen molar-refractivity contribution < 1.29 is 13.2 Å². The van der Waals surface area contributed by atoms with E-state index in [1.165, 1.54) is 4.31 Å². The topological polar surface area (TPSA) is 76.5 Å². The Morgan fingerprint density at radius 1 is 1.40 bits per heavy atom. The molecule has 3 unspecified atom stereocenters. The van der Waals surface area contributed by atoms with Crippen molar-refractivity contribution in [3.05, 3.63) is 18.5 Å². The summed E-state index contributed by atoms with van der Waals surface area (Å²) in [4.78, 5) is 0.